The van der Waals surface area contributed by atoms with Crippen LogP contribution in [0.2, 0.25) is 0 Å². The predicted molar refractivity (Wildman–Crippen MR) is 106 cm³/mol. The molecule has 3 aliphatic heterocycles. The van der Waals surface area contributed by atoms with Crippen LogP contribution in [0, 0.1) is 19.8 Å². The van der Waals surface area contributed by atoms with Gasteiger partial charge in [0, 0.05) is 44.8 Å². The van der Waals surface area contributed by atoms with Crippen molar-refractivity contribution in [1.82, 2.24) is 14.7 Å². The van der Waals surface area contributed by atoms with Gasteiger partial charge in [-0.3, -0.25) is 9.59 Å². The second-order valence-corrected chi connectivity index (χ2v) is 8.27. The summed E-state index contributed by atoms with van der Waals surface area (Å²) < 4.78 is 0. The fourth-order valence-electron chi connectivity index (χ4n) is 4.29. The summed E-state index contributed by atoms with van der Waals surface area (Å²) in [5.41, 5.74) is 3.10. The van der Waals surface area contributed by atoms with Crippen LogP contribution in [0.5, 0.6) is 0 Å². The number of rotatable bonds is 3. The third-order valence-electron chi connectivity index (χ3n) is 6.27. The molecule has 1 atom stereocenters. The quantitative estimate of drug-likeness (QED) is 0.866. The molecule has 1 N–H and O–H groups in total. The summed E-state index contributed by atoms with van der Waals surface area (Å²) in [6, 6.07) is 5.73. The lowest BCUT2D eigenvalue weighted by Gasteiger charge is -2.43. The van der Waals surface area contributed by atoms with Crippen LogP contribution in [0.15, 0.2) is 18.2 Å². The van der Waals surface area contributed by atoms with Crippen LogP contribution in [0.3, 0.4) is 0 Å². The van der Waals surface area contributed by atoms with E-state index in [4.69, 9.17) is 0 Å². The van der Waals surface area contributed by atoms with Gasteiger partial charge >= 0.3 is 6.03 Å². The molecule has 0 saturated carbocycles. The molecule has 1 aromatic rings. The summed E-state index contributed by atoms with van der Waals surface area (Å²) in [6.07, 6.45) is 2.42. The summed E-state index contributed by atoms with van der Waals surface area (Å²) in [5, 5.41) is 2.92. The van der Waals surface area contributed by atoms with Crippen LogP contribution in [0.1, 0.15) is 30.4 Å². The average Bonchev–Trinajstić information content (AvgIpc) is 3.27. The van der Waals surface area contributed by atoms with E-state index >= 15 is 0 Å². The van der Waals surface area contributed by atoms with Gasteiger partial charge in [-0.1, -0.05) is 6.07 Å². The fourth-order valence-corrected chi connectivity index (χ4v) is 4.29. The van der Waals surface area contributed by atoms with Crippen molar-refractivity contribution in [2.45, 2.75) is 39.2 Å². The van der Waals surface area contributed by atoms with Crippen LogP contribution in [0.4, 0.5) is 10.5 Å². The maximum Gasteiger partial charge on any atom is 0.321 e. The van der Waals surface area contributed by atoms with E-state index in [-0.39, 0.29) is 29.8 Å². The number of anilines is 1. The summed E-state index contributed by atoms with van der Waals surface area (Å²) in [5.74, 6) is -0.0576. The summed E-state index contributed by atoms with van der Waals surface area (Å²) >= 11 is 0. The zero-order valence-electron chi connectivity index (χ0n) is 16.6. The summed E-state index contributed by atoms with van der Waals surface area (Å²) in [6.45, 7) is 7.23. The Morgan fingerprint density at radius 1 is 1.00 bits per heavy atom. The average molecular weight is 384 g/mol. The van der Waals surface area contributed by atoms with Crippen molar-refractivity contribution in [1.29, 1.82) is 0 Å². The highest BCUT2D eigenvalue weighted by molar-refractivity contribution is 5.91. The van der Waals surface area contributed by atoms with Gasteiger partial charge in [-0.05, 0) is 49.9 Å². The molecule has 3 aliphatic rings. The Bertz CT molecular complexity index is 797. The Morgan fingerprint density at radius 3 is 2.39 bits per heavy atom. The first-order valence-electron chi connectivity index (χ1n) is 10.1. The molecule has 7 heteroatoms. The molecule has 28 heavy (non-hydrogen) atoms. The number of hydrogen-bond acceptors (Lipinski definition) is 3. The Hall–Kier alpha value is -2.57. The number of benzene rings is 1. The summed E-state index contributed by atoms with van der Waals surface area (Å²) in [4.78, 5) is 42.8. The Morgan fingerprint density at radius 2 is 1.71 bits per heavy atom. The highest BCUT2D eigenvalue weighted by Gasteiger charge is 2.44. The number of amides is 4. The number of likely N-dealkylation sites (tertiary alicyclic amines) is 3. The van der Waals surface area contributed by atoms with Gasteiger partial charge in [0.1, 0.15) is 0 Å². The normalized spacial score (nSPS) is 22.6. The number of aryl methyl sites for hydroxylation is 2. The van der Waals surface area contributed by atoms with Crippen LogP contribution in [-0.2, 0) is 9.59 Å². The van der Waals surface area contributed by atoms with Crippen LogP contribution in [-0.4, -0.2) is 71.3 Å². The molecule has 1 unspecified atom stereocenters. The third kappa shape index (κ3) is 3.57. The van der Waals surface area contributed by atoms with Gasteiger partial charge in [-0.15, -0.1) is 0 Å². The van der Waals surface area contributed by atoms with Gasteiger partial charge in [0.2, 0.25) is 11.8 Å². The fraction of sp³-hybridized carbons (Fsp3) is 0.571. The van der Waals surface area contributed by atoms with Gasteiger partial charge in [-0.25, -0.2) is 4.79 Å². The topological polar surface area (TPSA) is 73.0 Å². The molecule has 3 fully saturated rings. The minimum atomic E-state index is -0.219. The van der Waals surface area contributed by atoms with E-state index in [1.54, 1.807) is 9.80 Å². The predicted octanol–water partition coefficient (Wildman–Crippen LogP) is 1.99. The van der Waals surface area contributed by atoms with Gasteiger partial charge in [0.05, 0.1) is 12.0 Å². The molecule has 1 aromatic carbocycles. The molecule has 0 bridgehead atoms. The van der Waals surface area contributed by atoms with Crippen molar-refractivity contribution < 1.29 is 14.4 Å². The highest BCUT2D eigenvalue weighted by Crippen LogP contribution is 2.27. The number of carbonyl (C=O) groups excluding carboxylic acids is 3. The van der Waals surface area contributed by atoms with E-state index in [0.29, 0.717) is 26.1 Å². The van der Waals surface area contributed by atoms with Crippen molar-refractivity contribution >= 4 is 23.5 Å². The standard InChI is InChI=1S/C21H28N4O3/c1-14-5-6-17(9-15(14)2)22-21(28)24-12-18(13-24)25-11-16(10-19(25)26)20(27)23-7-3-4-8-23/h5-6,9,16,18H,3-4,7-8,10-13H2,1-2H3,(H,22,28). The molecule has 3 saturated heterocycles. The third-order valence-corrected chi connectivity index (χ3v) is 6.27. The minimum absolute atomic E-state index is 0.0226. The Kier molecular flexibility index (Phi) is 5.00. The maximum atomic E-state index is 12.6. The van der Waals surface area contributed by atoms with Crippen LogP contribution in [0.25, 0.3) is 0 Å². The number of urea groups is 1. The molecule has 7 nitrogen and oxygen atoms in total. The number of nitrogens with one attached hydrogen (secondary N) is 1. The van der Waals surface area contributed by atoms with Gasteiger partial charge in [0.15, 0.2) is 0 Å². The molecule has 0 spiro atoms. The molecule has 3 heterocycles. The smallest absolute Gasteiger partial charge is 0.321 e. The molecule has 4 amide bonds. The number of carbonyl (C=O) groups is 3. The number of hydrogen-bond donors (Lipinski definition) is 1. The van der Waals surface area contributed by atoms with Gasteiger partial charge < -0.3 is 20.0 Å². The van der Waals surface area contributed by atoms with E-state index in [2.05, 4.69) is 5.32 Å². The lowest BCUT2D eigenvalue weighted by molar-refractivity contribution is -0.135. The van der Waals surface area contributed by atoms with E-state index < -0.39 is 0 Å². The molecule has 0 radical (unpaired) electrons. The molecule has 150 valence electrons. The first-order valence-corrected chi connectivity index (χ1v) is 10.1. The SMILES string of the molecule is Cc1ccc(NC(=O)N2CC(N3CC(C(=O)N4CCCC4)CC3=O)C2)cc1C. The zero-order chi connectivity index (χ0) is 19.8. The van der Waals surface area contributed by atoms with Crippen molar-refractivity contribution in [3.05, 3.63) is 29.3 Å². The first kappa shape index (κ1) is 18.8. The van der Waals surface area contributed by atoms with E-state index in [0.717, 1.165) is 37.2 Å². The summed E-state index contributed by atoms with van der Waals surface area (Å²) in [7, 11) is 0. The largest absolute Gasteiger partial charge is 0.342 e. The van der Waals surface area contributed by atoms with Crippen molar-refractivity contribution in [3.63, 3.8) is 0 Å². The van der Waals surface area contributed by atoms with E-state index in [1.807, 2.05) is 36.9 Å². The highest BCUT2D eigenvalue weighted by atomic mass is 16.2. The molecule has 0 aromatic heterocycles. The second kappa shape index (κ2) is 7.45. The van der Waals surface area contributed by atoms with Gasteiger partial charge in [-0.2, -0.15) is 0 Å². The zero-order valence-corrected chi connectivity index (χ0v) is 16.6. The Labute approximate surface area is 165 Å². The first-order chi connectivity index (χ1) is 13.4. The molecule has 4 rings (SSSR count). The lowest BCUT2D eigenvalue weighted by Crippen LogP contribution is -2.62. The van der Waals surface area contributed by atoms with Crippen molar-refractivity contribution in [2.24, 2.45) is 5.92 Å². The van der Waals surface area contributed by atoms with E-state index in [9.17, 15) is 14.4 Å². The second-order valence-electron chi connectivity index (χ2n) is 8.27. The van der Waals surface area contributed by atoms with Crippen molar-refractivity contribution in [2.75, 3.05) is 38.0 Å². The number of nitrogens with zero attached hydrogens (tertiary/aromatic N) is 3. The van der Waals surface area contributed by atoms with Gasteiger partial charge in [0.25, 0.3) is 0 Å². The monoisotopic (exact) mass is 384 g/mol. The van der Waals surface area contributed by atoms with Crippen LogP contribution >= 0.6 is 0 Å². The molecular weight excluding hydrogens is 356 g/mol. The molecular formula is C21H28N4O3. The lowest BCUT2D eigenvalue weighted by atomic mass is 10.1. The molecule has 0 aliphatic carbocycles. The van der Waals surface area contributed by atoms with E-state index in [1.165, 1.54) is 5.56 Å². The maximum absolute atomic E-state index is 12.6. The van der Waals surface area contributed by atoms with Crippen molar-refractivity contribution in [3.8, 4) is 0 Å². The van der Waals surface area contributed by atoms with Crippen LogP contribution < -0.4 is 5.32 Å². The Balaban J connectivity index is 1.28. The minimum Gasteiger partial charge on any atom is -0.342 e.